The second kappa shape index (κ2) is 5.35. The van der Waals surface area contributed by atoms with Gasteiger partial charge >= 0.3 is 12.0 Å². The summed E-state index contributed by atoms with van der Waals surface area (Å²) in [6.45, 7) is 6.22. The molecule has 1 saturated heterocycles. The zero-order valence-corrected chi connectivity index (χ0v) is 10.5. The van der Waals surface area contributed by atoms with Gasteiger partial charge in [-0.25, -0.2) is 9.59 Å². The Morgan fingerprint density at radius 2 is 2.06 bits per heavy atom. The van der Waals surface area contributed by atoms with Gasteiger partial charge in [-0.3, -0.25) is 0 Å². The van der Waals surface area contributed by atoms with Crippen molar-refractivity contribution in [2.75, 3.05) is 13.1 Å². The molecular formula is C11H20N2O4. The number of amides is 2. The molecule has 6 heteroatoms. The summed E-state index contributed by atoms with van der Waals surface area (Å²) in [5.74, 6) is -1.06. The van der Waals surface area contributed by atoms with Crippen LogP contribution >= 0.6 is 0 Å². The molecule has 1 aliphatic heterocycles. The van der Waals surface area contributed by atoms with Crippen molar-refractivity contribution in [3.05, 3.63) is 0 Å². The lowest BCUT2D eigenvalue weighted by molar-refractivity contribution is -0.141. The fraction of sp³-hybridized carbons (Fsp3) is 0.818. The van der Waals surface area contributed by atoms with E-state index in [0.29, 0.717) is 6.54 Å². The summed E-state index contributed by atoms with van der Waals surface area (Å²) in [5.41, 5.74) is 0. The molecule has 17 heavy (non-hydrogen) atoms. The number of carbonyl (C=O) groups excluding carboxylic acids is 1. The van der Waals surface area contributed by atoms with E-state index >= 15 is 0 Å². The quantitative estimate of drug-likeness (QED) is 0.751. The Balaban J connectivity index is 2.83. The van der Waals surface area contributed by atoms with E-state index in [1.807, 2.05) is 20.8 Å². The second-order valence-corrected chi connectivity index (χ2v) is 4.56. The first kappa shape index (κ1) is 13.8. The van der Waals surface area contributed by atoms with E-state index in [1.54, 1.807) is 4.90 Å². The van der Waals surface area contributed by atoms with E-state index in [2.05, 4.69) is 0 Å². The van der Waals surface area contributed by atoms with Crippen molar-refractivity contribution in [1.29, 1.82) is 0 Å². The first-order chi connectivity index (χ1) is 7.88. The number of β-amino-alcohol motifs (C(OH)–C–C–N with tert-alkyl or cyclic N) is 1. The van der Waals surface area contributed by atoms with Gasteiger partial charge in [0.15, 0.2) is 0 Å². The third kappa shape index (κ3) is 2.88. The fourth-order valence-corrected chi connectivity index (χ4v) is 2.15. The van der Waals surface area contributed by atoms with Gasteiger partial charge in [-0.05, 0) is 20.8 Å². The van der Waals surface area contributed by atoms with Crippen LogP contribution in [-0.4, -0.2) is 63.3 Å². The lowest BCUT2D eigenvalue weighted by atomic mass is 10.2. The molecule has 0 aromatic carbocycles. The minimum Gasteiger partial charge on any atom is -0.480 e. The van der Waals surface area contributed by atoms with Crippen LogP contribution < -0.4 is 0 Å². The highest BCUT2D eigenvalue weighted by molar-refractivity contribution is 5.83. The molecule has 0 bridgehead atoms. The highest BCUT2D eigenvalue weighted by Gasteiger charge is 2.40. The van der Waals surface area contributed by atoms with Crippen molar-refractivity contribution < 1.29 is 19.8 Å². The molecule has 2 amide bonds. The number of likely N-dealkylation sites (tertiary alicyclic amines) is 1. The van der Waals surface area contributed by atoms with Crippen LogP contribution in [-0.2, 0) is 4.79 Å². The number of carboxylic acids is 1. The molecular weight excluding hydrogens is 224 g/mol. The number of hydrogen-bond acceptors (Lipinski definition) is 3. The van der Waals surface area contributed by atoms with E-state index < -0.39 is 18.1 Å². The highest BCUT2D eigenvalue weighted by atomic mass is 16.4. The SMILES string of the molecule is CCN(C(=O)N1C[C@H](O)C[C@H]1C(=O)O)C(C)C. The van der Waals surface area contributed by atoms with E-state index in [-0.39, 0.29) is 25.0 Å². The highest BCUT2D eigenvalue weighted by Crippen LogP contribution is 2.20. The second-order valence-electron chi connectivity index (χ2n) is 4.56. The molecule has 0 unspecified atom stereocenters. The van der Waals surface area contributed by atoms with Gasteiger partial charge in [-0.1, -0.05) is 0 Å². The maximum atomic E-state index is 12.2. The minimum atomic E-state index is -1.06. The molecule has 0 aliphatic carbocycles. The van der Waals surface area contributed by atoms with Crippen LogP contribution in [0.5, 0.6) is 0 Å². The van der Waals surface area contributed by atoms with Gasteiger partial charge in [0.1, 0.15) is 6.04 Å². The first-order valence-electron chi connectivity index (χ1n) is 5.86. The largest absolute Gasteiger partial charge is 0.480 e. The summed E-state index contributed by atoms with van der Waals surface area (Å²) in [5, 5.41) is 18.5. The number of rotatable bonds is 3. The summed E-state index contributed by atoms with van der Waals surface area (Å²) >= 11 is 0. The zero-order chi connectivity index (χ0) is 13.2. The normalized spacial score (nSPS) is 24.2. The number of urea groups is 1. The van der Waals surface area contributed by atoms with Crippen LogP contribution in [0.15, 0.2) is 0 Å². The monoisotopic (exact) mass is 244 g/mol. The van der Waals surface area contributed by atoms with Gasteiger partial charge in [-0.15, -0.1) is 0 Å². The Bertz CT molecular complexity index is 306. The number of carbonyl (C=O) groups is 2. The number of nitrogens with zero attached hydrogens (tertiary/aromatic N) is 2. The maximum absolute atomic E-state index is 12.2. The molecule has 0 aromatic rings. The van der Waals surface area contributed by atoms with Crippen molar-refractivity contribution >= 4 is 12.0 Å². The Labute approximate surface area is 101 Å². The van der Waals surface area contributed by atoms with Crippen molar-refractivity contribution in [3.63, 3.8) is 0 Å². The molecule has 0 radical (unpaired) electrons. The molecule has 1 rings (SSSR count). The molecule has 6 nitrogen and oxygen atoms in total. The fourth-order valence-electron chi connectivity index (χ4n) is 2.15. The molecule has 1 aliphatic rings. The van der Waals surface area contributed by atoms with Gasteiger partial charge in [-0.2, -0.15) is 0 Å². The van der Waals surface area contributed by atoms with E-state index in [0.717, 1.165) is 0 Å². The predicted octanol–water partition coefficient (Wildman–Crippen LogP) is 0.357. The number of aliphatic hydroxyl groups excluding tert-OH is 1. The summed E-state index contributed by atoms with van der Waals surface area (Å²) in [6.07, 6.45) is -0.637. The summed E-state index contributed by atoms with van der Waals surface area (Å²) < 4.78 is 0. The van der Waals surface area contributed by atoms with Gasteiger partial charge in [0, 0.05) is 25.6 Å². The number of hydrogen-bond donors (Lipinski definition) is 2. The van der Waals surface area contributed by atoms with Gasteiger partial charge in [0.25, 0.3) is 0 Å². The predicted molar refractivity (Wildman–Crippen MR) is 61.7 cm³/mol. The molecule has 98 valence electrons. The standard InChI is InChI=1S/C11H20N2O4/c1-4-12(7(2)3)11(17)13-6-8(14)5-9(13)10(15)16/h7-9,14H,4-6H2,1-3H3,(H,15,16)/t8-,9+/m1/s1. The van der Waals surface area contributed by atoms with Gasteiger partial charge < -0.3 is 20.0 Å². The third-order valence-electron chi connectivity index (χ3n) is 3.02. The lowest BCUT2D eigenvalue weighted by Gasteiger charge is -2.32. The van der Waals surface area contributed by atoms with Crippen LogP contribution in [0.25, 0.3) is 0 Å². The van der Waals surface area contributed by atoms with Crippen molar-refractivity contribution in [1.82, 2.24) is 9.80 Å². The summed E-state index contributed by atoms with van der Waals surface area (Å²) in [4.78, 5) is 26.0. The van der Waals surface area contributed by atoms with Crippen LogP contribution in [0.4, 0.5) is 4.79 Å². The topological polar surface area (TPSA) is 81.1 Å². The molecule has 0 spiro atoms. The Morgan fingerprint density at radius 3 is 2.47 bits per heavy atom. The van der Waals surface area contributed by atoms with Gasteiger partial charge in [0.2, 0.25) is 0 Å². The molecule has 2 N–H and O–H groups in total. The van der Waals surface area contributed by atoms with Crippen molar-refractivity contribution in [2.24, 2.45) is 0 Å². The molecule has 0 aromatic heterocycles. The number of carboxylic acid groups (broad SMARTS) is 1. The van der Waals surface area contributed by atoms with E-state index in [4.69, 9.17) is 5.11 Å². The molecule has 1 heterocycles. The van der Waals surface area contributed by atoms with Crippen molar-refractivity contribution in [2.45, 2.75) is 45.4 Å². The van der Waals surface area contributed by atoms with E-state index in [1.165, 1.54) is 4.90 Å². The third-order valence-corrected chi connectivity index (χ3v) is 3.02. The maximum Gasteiger partial charge on any atom is 0.326 e. The van der Waals surface area contributed by atoms with Crippen LogP contribution in [0.1, 0.15) is 27.2 Å². The van der Waals surface area contributed by atoms with Crippen molar-refractivity contribution in [3.8, 4) is 0 Å². The minimum absolute atomic E-state index is 0.0136. The van der Waals surface area contributed by atoms with E-state index in [9.17, 15) is 14.7 Å². The Kier molecular flexibility index (Phi) is 4.34. The first-order valence-corrected chi connectivity index (χ1v) is 5.86. The summed E-state index contributed by atoms with van der Waals surface area (Å²) in [7, 11) is 0. The molecule has 0 saturated carbocycles. The van der Waals surface area contributed by atoms with Crippen LogP contribution in [0.2, 0.25) is 0 Å². The van der Waals surface area contributed by atoms with Gasteiger partial charge in [0.05, 0.1) is 6.10 Å². The number of aliphatic hydroxyl groups is 1. The molecule has 2 atom stereocenters. The summed E-state index contributed by atoms with van der Waals surface area (Å²) in [6, 6.07) is -1.21. The average molecular weight is 244 g/mol. The average Bonchev–Trinajstić information content (AvgIpc) is 2.60. The number of aliphatic carboxylic acids is 1. The zero-order valence-electron chi connectivity index (χ0n) is 10.5. The smallest absolute Gasteiger partial charge is 0.326 e. The lowest BCUT2D eigenvalue weighted by Crippen LogP contribution is -2.50. The Hall–Kier alpha value is -1.30. The van der Waals surface area contributed by atoms with Crippen LogP contribution in [0, 0.1) is 0 Å². The Morgan fingerprint density at radius 1 is 1.47 bits per heavy atom. The van der Waals surface area contributed by atoms with Crippen LogP contribution in [0.3, 0.4) is 0 Å². The molecule has 1 fully saturated rings.